The number of nitrogens with one attached hydrogen (secondary N) is 1. The molecular weight excluding hydrogens is 458 g/mol. The van der Waals surface area contributed by atoms with Crippen molar-refractivity contribution in [2.45, 2.75) is 6.54 Å². The van der Waals surface area contributed by atoms with Crippen LogP contribution in [0.4, 0.5) is 10.1 Å². The Bertz CT molecular complexity index is 746. The topological polar surface area (TPSA) is 40.1 Å². The van der Waals surface area contributed by atoms with Gasteiger partial charge < -0.3 is 19.9 Å². The standard InChI is InChI=1S/C20H25FN4O.HI/c1-22-20(23-15-16-4-3-5-17(21)14-16)25-12-10-24(11-13-25)18-6-8-19(26-2)9-7-18;/h3-9,14H,10-13,15H2,1-2H3,(H,22,23);1H. The second kappa shape index (κ2) is 10.3. The van der Waals surface area contributed by atoms with Crippen LogP contribution in [-0.2, 0) is 6.54 Å². The second-order valence-corrected chi connectivity index (χ2v) is 6.20. The maximum Gasteiger partial charge on any atom is 0.194 e. The molecule has 1 N–H and O–H groups in total. The fourth-order valence-corrected chi connectivity index (χ4v) is 3.13. The molecule has 1 saturated heterocycles. The molecule has 0 radical (unpaired) electrons. The fraction of sp³-hybridized carbons (Fsp3) is 0.350. The summed E-state index contributed by atoms with van der Waals surface area (Å²) in [5.41, 5.74) is 2.11. The maximum atomic E-state index is 13.3. The minimum atomic E-state index is -0.215. The minimum absolute atomic E-state index is 0. The number of rotatable bonds is 4. The van der Waals surface area contributed by atoms with Crippen molar-refractivity contribution in [2.75, 3.05) is 45.2 Å². The van der Waals surface area contributed by atoms with Crippen LogP contribution in [0.5, 0.6) is 5.75 Å². The van der Waals surface area contributed by atoms with Gasteiger partial charge in [-0.1, -0.05) is 12.1 Å². The van der Waals surface area contributed by atoms with Gasteiger partial charge in [0.05, 0.1) is 7.11 Å². The van der Waals surface area contributed by atoms with Gasteiger partial charge in [0.15, 0.2) is 5.96 Å². The molecule has 1 aliphatic rings. The summed E-state index contributed by atoms with van der Waals surface area (Å²) in [6.45, 7) is 4.17. The molecule has 7 heteroatoms. The van der Waals surface area contributed by atoms with Crippen molar-refractivity contribution in [1.82, 2.24) is 10.2 Å². The van der Waals surface area contributed by atoms with E-state index >= 15 is 0 Å². The van der Waals surface area contributed by atoms with Gasteiger partial charge in [0.2, 0.25) is 0 Å². The molecule has 27 heavy (non-hydrogen) atoms. The second-order valence-electron chi connectivity index (χ2n) is 6.20. The van der Waals surface area contributed by atoms with Crippen LogP contribution in [0.25, 0.3) is 0 Å². The van der Waals surface area contributed by atoms with Crippen LogP contribution in [0.3, 0.4) is 0 Å². The summed E-state index contributed by atoms with van der Waals surface area (Å²) >= 11 is 0. The Morgan fingerprint density at radius 3 is 2.41 bits per heavy atom. The lowest BCUT2D eigenvalue weighted by Crippen LogP contribution is -2.52. The first-order valence-corrected chi connectivity index (χ1v) is 8.78. The number of hydrogen-bond donors (Lipinski definition) is 1. The number of anilines is 1. The number of ether oxygens (including phenoxy) is 1. The molecule has 0 atom stereocenters. The Labute approximate surface area is 177 Å². The Morgan fingerprint density at radius 1 is 1.11 bits per heavy atom. The third-order valence-electron chi connectivity index (χ3n) is 4.57. The molecule has 0 aliphatic carbocycles. The number of hydrogen-bond acceptors (Lipinski definition) is 3. The maximum absolute atomic E-state index is 13.3. The van der Waals surface area contributed by atoms with Crippen LogP contribution >= 0.6 is 24.0 Å². The molecule has 2 aromatic rings. The number of guanidine groups is 1. The SMILES string of the molecule is CN=C(NCc1cccc(F)c1)N1CCN(c2ccc(OC)cc2)CC1.I. The van der Waals surface area contributed by atoms with Crippen LogP contribution in [0.15, 0.2) is 53.5 Å². The molecule has 3 rings (SSSR count). The Morgan fingerprint density at radius 2 is 1.81 bits per heavy atom. The van der Waals surface area contributed by atoms with Gasteiger partial charge in [0.25, 0.3) is 0 Å². The number of nitrogens with zero attached hydrogens (tertiary/aromatic N) is 3. The highest BCUT2D eigenvalue weighted by Crippen LogP contribution is 2.20. The van der Waals surface area contributed by atoms with Crippen molar-refractivity contribution in [1.29, 1.82) is 0 Å². The lowest BCUT2D eigenvalue weighted by atomic mass is 10.2. The summed E-state index contributed by atoms with van der Waals surface area (Å²) in [5, 5.41) is 3.33. The molecule has 0 bridgehead atoms. The molecule has 0 amide bonds. The summed E-state index contributed by atoms with van der Waals surface area (Å²) in [4.78, 5) is 8.96. The first-order chi connectivity index (χ1) is 12.7. The van der Waals surface area contributed by atoms with E-state index in [1.165, 1.54) is 11.8 Å². The molecular formula is C20H26FIN4O. The number of piperazine rings is 1. The summed E-state index contributed by atoms with van der Waals surface area (Å²) < 4.78 is 18.5. The van der Waals surface area contributed by atoms with Crippen LogP contribution in [0.1, 0.15) is 5.56 Å². The van der Waals surface area contributed by atoms with Crippen LogP contribution < -0.4 is 15.0 Å². The van der Waals surface area contributed by atoms with Gasteiger partial charge in [0.1, 0.15) is 11.6 Å². The zero-order valence-electron chi connectivity index (χ0n) is 15.7. The zero-order chi connectivity index (χ0) is 18.4. The van der Waals surface area contributed by atoms with E-state index in [9.17, 15) is 4.39 Å². The molecule has 2 aromatic carbocycles. The Balaban J connectivity index is 0.00000261. The summed E-state index contributed by atoms with van der Waals surface area (Å²) in [7, 11) is 3.46. The monoisotopic (exact) mass is 484 g/mol. The molecule has 0 spiro atoms. The highest BCUT2D eigenvalue weighted by molar-refractivity contribution is 14.0. The van der Waals surface area contributed by atoms with Gasteiger partial charge in [-0.3, -0.25) is 4.99 Å². The first kappa shape index (κ1) is 21.3. The lowest BCUT2D eigenvalue weighted by molar-refractivity contribution is 0.372. The van der Waals surface area contributed by atoms with Crippen molar-refractivity contribution in [3.63, 3.8) is 0 Å². The summed E-state index contributed by atoms with van der Waals surface area (Å²) in [6, 6.07) is 14.8. The molecule has 1 aliphatic heterocycles. The van der Waals surface area contributed by atoms with Crippen LogP contribution in [-0.4, -0.2) is 51.2 Å². The highest BCUT2D eigenvalue weighted by atomic mass is 127. The van der Waals surface area contributed by atoms with E-state index in [0.717, 1.165) is 43.5 Å². The fourth-order valence-electron chi connectivity index (χ4n) is 3.13. The zero-order valence-corrected chi connectivity index (χ0v) is 18.0. The normalized spacial score (nSPS) is 14.6. The quantitative estimate of drug-likeness (QED) is 0.411. The minimum Gasteiger partial charge on any atom is -0.497 e. The van der Waals surface area contributed by atoms with Gasteiger partial charge in [-0.15, -0.1) is 24.0 Å². The molecule has 0 saturated carbocycles. The van der Waals surface area contributed by atoms with Crippen LogP contribution in [0.2, 0.25) is 0 Å². The molecule has 5 nitrogen and oxygen atoms in total. The summed E-state index contributed by atoms with van der Waals surface area (Å²) in [5.74, 6) is 1.50. The van der Waals surface area contributed by atoms with Crippen LogP contribution in [0, 0.1) is 5.82 Å². The number of benzene rings is 2. The summed E-state index contributed by atoms with van der Waals surface area (Å²) in [6.07, 6.45) is 0. The largest absolute Gasteiger partial charge is 0.497 e. The third kappa shape index (κ3) is 5.72. The van der Waals surface area contributed by atoms with E-state index in [0.29, 0.717) is 6.54 Å². The average Bonchev–Trinajstić information content (AvgIpc) is 2.69. The van der Waals surface area contributed by atoms with Crippen molar-refractivity contribution in [2.24, 2.45) is 4.99 Å². The van der Waals surface area contributed by atoms with E-state index in [-0.39, 0.29) is 29.8 Å². The Hall–Kier alpha value is -2.03. The molecule has 1 fully saturated rings. The van der Waals surface area contributed by atoms with Gasteiger partial charge in [-0.25, -0.2) is 4.39 Å². The predicted octanol–water partition coefficient (Wildman–Crippen LogP) is 3.35. The third-order valence-corrected chi connectivity index (χ3v) is 4.57. The highest BCUT2D eigenvalue weighted by Gasteiger charge is 2.19. The average molecular weight is 484 g/mol. The smallest absolute Gasteiger partial charge is 0.194 e. The van der Waals surface area contributed by atoms with Crippen molar-refractivity contribution in [3.05, 3.63) is 59.9 Å². The number of halogens is 2. The molecule has 146 valence electrons. The van der Waals surface area contributed by atoms with E-state index < -0.39 is 0 Å². The van der Waals surface area contributed by atoms with Crippen molar-refractivity contribution < 1.29 is 9.13 Å². The molecule has 0 aromatic heterocycles. The van der Waals surface area contributed by atoms with Gasteiger partial charge in [-0.05, 0) is 42.0 Å². The van der Waals surface area contributed by atoms with E-state index in [4.69, 9.17) is 4.74 Å². The predicted molar refractivity (Wildman–Crippen MR) is 119 cm³/mol. The van der Waals surface area contributed by atoms with Crippen molar-refractivity contribution in [3.8, 4) is 5.75 Å². The molecule has 0 unspecified atom stereocenters. The Kier molecular flexibility index (Phi) is 8.15. The van der Waals surface area contributed by atoms with Crippen molar-refractivity contribution >= 4 is 35.6 Å². The van der Waals surface area contributed by atoms with Gasteiger partial charge in [0, 0.05) is 45.5 Å². The van der Waals surface area contributed by atoms with E-state index in [1.807, 2.05) is 18.2 Å². The van der Waals surface area contributed by atoms with Gasteiger partial charge in [-0.2, -0.15) is 0 Å². The van der Waals surface area contributed by atoms with Gasteiger partial charge >= 0.3 is 0 Å². The number of aliphatic imine (C=N–C) groups is 1. The van der Waals surface area contributed by atoms with E-state index in [1.54, 1.807) is 26.3 Å². The lowest BCUT2D eigenvalue weighted by Gasteiger charge is -2.37. The van der Waals surface area contributed by atoms with E-state index in [2.05, 4.69) is 32.2 Å². The first-order valence-electron chi connectivity index (χ1n) is 8.78. The number of methoxy groups -OCH3 is 1. The molecule has 1 heterocycles.